The van der Waals surface area contributed by atoms with Gasteiger partial charge in [-0.15, -0.1) is 0 Å². The molecule has 2 aromatic heterocycles. The minimum absolute atomic E-state index is 0.0863. The van der Waals surface area contributed by atoms with Gasteiger partial charge >= 0.3 is 6.18 Å². The van der Waals surface area contributed by atoms with Crippen molar-refractivity contribution in [2.45, 2.75) is 32.0 Å². The van der Waals surface area contributed by atoms with Crippen LogP contribution in [0.1, 0.15) is 35.7 Å². The summed E-state index contributed by atoms with van der Waals surface area (Å²) in [5.74, 6) is 0.109. The number of aromatic nitrogens is 5. The molecule has 11 heteroatoms. The van der Waals surface area contributed by atoms with Crippen LogP contribution in [-0.4, -0.2) is 54.9 Å². The molecule has 2 atom stereocenters. The molecule has 0 aliphatic carbocycles. The number of nitrogens with zero attached hydrogens (tertiary/aromatic N) is 6. The molecule has 1 fully saturated rings. The highest BCUT2D eigenvalue weighted by Crippen LogP contribution is 2.29. The van der Waals surface area contributed by atoms with Gasteiger partial charge in [-0.25, -0.2) is 9.97 Å². The lowest BCUT2D eigenvalue weighted by atomic mass is 9.89. The van der Waals surface area contributed by atoms with Gasteiger partial charge in [0.25, 0.3) is 5.91 Å². The quantitative estimate of drug-likeness (QED) is 0.647. The van der Waals surface area contributed by atoms with Crippen LogP contribution in [0.25, 0.3) is 5.69 Å². The van der Waals surface area contributed by atoms with Gasteiger partial charge in [-0.2, -0.15) is 28.2 Å². The van der Waals surface area contributed by atoms with Crippen LogP contribution < -0.4 is 5.32 Å². The van der Waals surface area contributed by atoms with E-state index >= 15 is 0 Å². The Morgan fingerprint density at radius 3 is 2.53 bits per heavy atom. The molecule has 0 spiro atoms. The maximum Gasteiger partial charge on any atom is 0.419 e. The molecule has 1 amide bonds. The molecule has 1 unspecified atom stereocenters. The van der Waals surface area contributed by atoms with Gasteiger partial charge in [-0.05, 0) is 37.8 Å². The van der Waals surface area contributed by atoms with Crippen molar-refractivity contribution in [3.05, 3.63) is 60.2 Å². The monoisotopic (exact) mass is 445 g/mol. The van der Waals surface area contributed by atoms with E-state index in [4.69, 9.17) is 0 Å². The third-order valence-electron chi connectivity index (χ3n) is 5.68. The lowest BCUT2D eigenvalue weighted by Crippen LogP contribution is -2.48. The van der Waals surface area contributed by atoms with Crippen LogP contribution in [0.5, 0.6) is 0 Å². The van der Waals surface area contributed by atoms with Crippen LogP contribution in [-0.2, 0) is 6.18 Å². The third kappa shape index (κ3) is 4.56. The Labute approximate surface area is 182 Å². The smallest absolute Gasteiger partial charge is 0.354 e. The minimum Gasteiger partial charge on any atom is -0.354 e. The summed E-state index contributed by atoms with van der Waals surface area (Å²) >= 11 is 0. The van der Waals surface area contributed by atoms with Gasteiger partial charge in [0.15, 0.2) is 0 Å². The number of nitrogens with one attached hydrogen (secondary N) is 1. The molecule has 0 radical (unpaired) electrons. The predicted molar refractivity (Wildman–Crippen MR) is 110 cm³/mol. The van der Waals surface area contributed by atoms with Gasteiger partial charge in [0.2, 0.25) is 5.95 Å². The van der Waals surface area contributed by atoms with E-state index in [2.05, 4.69) is 25.5 Å². The van der Waals surface area contributed by atoms with E-state index in [-0.39, 0.29) is 23.8 Å². The first-order valence-electron chi connectivity index (χ1n) is 10.2. The van der Waals surface area contributed by atoms with E-state index in [0.717, 1.165) is 25.2 Å². The number of carbonyl (C=O) groups is 1. The van der Waals surface area contributed by atoms with Crippen LogP contribution in [0, 0.1) is 5.92 Å². The summed E-state index contributed by atoms with van der Waals surface area (Å²) < 4.78 is 38.0. The molecule has 168 valence electrons. The molecular weight excluding hydrogens is 423 g/mol. The molecule has 1 N–H and O–H groups in total. The highest BCUT2D eigenvalue weighted by molar-refractivity contribution is 5.98. The fourth-order valence-electron chi connectivity index (χ4n) is 3.89. The molecule has 1 saturated heterocycles. The van der Waals surface area contributed by atoms with Gasteiger partial charge in [0.05, 0.1) is 29.2 Å². The summed E-state index contributed by atoms with van der Waals surface area (Å²) in [6.45, 7) is 3.04. The molecule has 32 heavy (non-hydrogen) atoms. The largest absolute Gasteiger partial charge is 0.419 e. The fourth-order valence-corrected chi connectivity index (χ4v) is 3.89. The Morgan fingerprint density at radius 1 is 1.16 bits per heavy atom. The van der Waals surface area contributed by atoms with Crippen LogP contribution in [0.4, 0.5) is 19.1 Å². The SMILES string of the molecule is C[C@H]1C(CNc2ncc(C(F)(F)F)cn2)CCCN1C(=O)c1ccccc1-n1nccn1. The van der Waals surface area contributed by atoms with Crippen LogP contribution >= 0.6 is 0 Å². The van der Waals surface area contributed by atoms with Gasteiger partial charge in [0.1, 0.15) is 0 Å². The maximum atomic E-state index is 13.4. The number of hydrogen-bond acceptors (Lipinski definition) is 6. The number of likely N-dealkylation sites (tertiary alicyclic amines) is 1. The van der Waals surface area contributed by atoms with Crippen molar-refractivity contribution in [1.82, 2.24) is 29.9 Å². The topological polar surface area (TPSA) is 88.8 Å². The molecule has 4 rings (SSSR count). The van der Waals surface area contributed by atoms with Crippen molar-refractivity contribution in [3.63, 3.8) is 0 Å². The standard InChI is InChI=1S/C21H22F3N7O/c1-14-15(11-25-20-26-12-16(13-27-20)21(22,23)24)5-4-10-30(14)19(32)17-6-2-3-7-18(17)31-28-8-9-29-31/h2-3,6-9,12-15H,4-5,10-11H2,1H3,(H,25,26,27)/t14-,15?/m0/s1. The van der Waals surface area contributed by atoms with E-state index < -0.39 is 11.7 Å². The molecule has 1 aliphatic heterocycles. The Bertz CT molecular complexity index is 1050. The van der Waals surface area contributed by atoms with Crippen molar-refractivity contribution in [3.8, 4) is 5.69 Å². The van der Waals surface area contributed by atoms with E-state index in [1.165, 1.54) is 4.80 Å². The van der Waals surface area contributed by atoms with E-state index in [9.17, 15) is 18.0 Å². The number of amides is 1. The number of alkyl halides is 3. The molecule has 8 nitrogen and oxygen atoms in total. The zero-order valence-corrected chi connectivity index (χ0v) is 17.3. The normalized spacial score (nSPS) is 19.1. The van der Waals surface area contributed by atoms with Crippen LogP contribution in [0.15, 0.2) is 49.1 Å². The lowest BCUT2D eigenvalue weighted by molar-refractivity contribution is -0.138. The summed E-state index contributed by atoms with van der Waals surface area (Å²) in [7, 11) is 0. The van der Waals surface area contributed by atoms with E-state index in [0.29, 0.717) is 24.3 Å². The second-order valence-electron chi connectivity index (χ2n) is 7.65. The van der Waals surface area contributed by atoms with Gasteiger partial charge < -0.3 is 10.2 Å². The number of para-hydroxylation sites is 1. The summed E-state index contributed by atoms with van der Waals surface area (Å²) in [5.41, 5.74) is 0.222. The first kappa shape index (κ1) is 21.7. The Morgan fingerprint density at radius 2 is 1.84 bits per heavy atom. The summed E-state index contributed by atoms with van der Waals surface area (Å²) in [4.78, 5) is 24.1. The van der Waals surface area contributed by atoms with E-state index in [1.54, 1.807) is 30.6 Å². The number of rotatable bonds is 5. The van der Waals surface area contributed by atoms with E-state index in [1.807, 2.05) is 17.9 Å². The van der Waals surface area contributed by atoms with Crippen molar-refractivity contribution in [2.24, 2.45) is 5.92 Å². The summed E-state index contributed by atoms with van der Waals surface area (Å²) in [5, 5.41) is 11.3. The molecule has 3 aromatic rings. The molecule has 0 bridgehead atoms. The zero-order chi connectivity index (χ0) is 22.7. The predicted octanol–water partition coefficient (Wildman–Crippen LogP) is 3.43. The molecule has 1 aliphatic rings. The third-order valence-corrected chi connectivity index (χ3v) is 5.68. The molecular formula is C21H22F3N7O. The van der Waals surface area contributed by atoms with Crippen molar-refractivity contribution in [1.29, 1.82) is 0 Å². The van der Waals surface area contributed by atoms with Crippen LogP contribution in [0.3, 0.4) is 0 Å². The lowest BCUT2D eigenvalue weighted by Gasteiger charge is -2.39. The zero-order valence-electron chi connectivity index (χ0n) is 17.3. The number of benzene rings is 1. The molecule has 3 heterocycles. The Kier molecular flexibility index (Phi) is 6.06. The number of anilines is 1. The number of hydrogen-bond donors (Lipinski definition) is 1. The first-order valence-corrected chi connectivity index (χ1v) is 10.2. The average Bonchev–Trinajstić information content (AvgIpc) is 3.32. The number of carbonyl (C=O) groups excluding carboxylic acids is 1. The second kappa shape index (κ2) is 8.93. The molecule has 1 aromatic carbocycles. The highest BCUT2D eigenvalue weighted by Gasteiger charge is 2.33. The van der Waals surface area contributed by atoms with Crippen molar-refractivity contribution >= 4 is 11.9 Å². The number of halogens is 3. The van der Waals surface area contributed by atoms with Gasteiger partial charge in [0, 0.05) is 31.5 Å². The van der Waals surface area contributed by atoms with Gasteiger partial charge in [-0.1, -0.05) is 12.1 Å². The van der Waals surface area contributed by atoms with Crippen molar-refractivity contribution in [2.75, 3.05) is 18.4 Å². The maximum absolute atomic E-state index is 13.4. The summed E-state index contributed by atoms with van der Waals surface area (Å²) in [6, 6.07) is 7.09. The average molecular weight is 445 g/mol. The first-order chi connectivity index (χ1) is 15.3. The van der Waals surface area contributed by atoms with Crippen molar-refractivity contribution < 1.29 is 18.0 Å². The minimum atomic E-state index is -4.47. The van der Waals surface area contributed by atoms with Crippen LogP contribution in [0.2, 0.25) is 0 Å². The Balaban J connectivity index is 1.45. The number of piperidine rings is 1. The Hall–Kier alpha value is -3.50. The van der Waals surface area contributed by atoms with Gasteiger partial charge in [-0.3, -0.25) is 4.79 Å². The second-order valence-corrected chi connectivity index (χ2v) is 7.65. The fraction of sp³-hybridized carbons (Fsp3) is 0.381. The highest BCUT2D eigenvalue weighted by atomic mass is 19.4. The molecule has 0 saturated carbocycles. The summed E-state index contributed by atoms with van der Waals surface area (Å²) in [6.07, 6.45) is 1.84.